The number of fused-ring (bicyclic) bond motifs is 1. The van der Waals surface area contributed by atoms with E-state index in [1.165, 1.54) is 4.90 Å². The van der Waals surface area contributed by atoms with Crippen LogP contribution in [0.15, 0.2) is 36.4 Å². The minimum Gasteiger partial charge on any atom is -0.274 e. The molecule has 0 atom stereocenters. The topological polar surface area (TPSA) is 61.2 Å². The number of carbonyl (C=O) groups is 2. The van der Waals surface area contributed by atoms with Gasteiger partial charge in [-0.3, -0.25) is 9.59 Å². The number of carbonyl (C=O) groups excluding carboxylic acids is 2. The zero-order valence-electron chi connectivity index (χ0n) is 10.1. The summed E-state index contributed by atoms with van der Waals surface area (Å²) in [6.07, 6.45) is 0.514. The van der Waals surface area contributed by atoms with E-state index in [1.807, 2.05) is 24.3 Å². The molecule has 0 aliphatic carbocycles. The van der Waals surface area contributed by atoms with Crippen molar-refractivity contribution in [2.75, 3.05) is 4.90 Å². The lowest BCUT2D eigenvalue weighted by atomic mass is 10.0. The van der Waals surface area contributed by atoms with Crippen molar-refractivity contribution < 1.29 is 9.59 Å². The molecular weight excluding hydrogens is 240 g/mol. The van der Waals surface area contributed by atoms with Crippen LogP contribution in [0, 0.1) is 11.3 Å². The minimum absolute atomic E-state index is 0.181. The van der Waals surface area contributed by atoms with Gasteiger partial charge in [0.05, 0.1) is 17.3 Å². The van der Waals surface area contributed by atoms with Gasteiger partial charge in [-0.1, -0.05) is 24.3 Å². The molecule has 2 amide bonds. The average molecular weight is 250 g/mol. The van der Waals surface area contributed by atoms with Gasteiger partial charge in [-0.15, -0.1) is 0 Å². The van der Waals surface area contributed by atoms with Crippen LogP contribution in [0.3, 0.4) is 0 Å². The third kappa shape index (κ3) is 1.67. The summed E-state index contributed by atoms with van der Waals surface area (Å²) in [5.74, 6) is -0.361. The van der Waals surface area contributed by atoms with Crippen LogP contribution < -0.4 is 4.90 Å². The standard InChI is InChI=1S/C15H10N2O2/c16-9-10-5-6-13(12-4-2-1-3-11(10)12)17-14(18)7-8-15(17)19/h1-6H,7-8H2. The van der Waals surface area contributed by atoms with Crippen LogP contribution in [0.25, 0.3) is 10.8 Å². The second-order valence-electron chi connectivity index (χ2n) is 4.41. The molecular formula is C15H10N2O2. The molecule has 0 aromatic heterocycles. The van der Waals surface area contributed by atoms with Crippen LogP contribution in [-0.4, -0.2) is 11.8 Å². The quantitative estimate of drug-likeness (QED) is 0.730. The minimum atomic E-state index is -0.181. The number of anilines is 1. The zero-order chi connectivity index (χ0) is 13.4. The van der Waals surface area contributed by atoms with E-state index in [4.69, 9.17) is 5.26 Å². The normalized spacial score (nSPS) is 15.0. The average Bonchev–Trinajstić information content (AvgIpc) is 2.77. The van der Waals surface area contributed by atoms with Crippen LogP contribution in [-0.2, 0) is 9.59 Å². The van der Waals surface area contributed by atoms with Crippen molar-refractivity contribution >= 4 is 28.3 Å². The summed E-state index contributed by atoms with van der Waals surface area (Å²) in [7, 11) is 0. The predicted molar refractivity (Wildman–Crippen MR) is 70.4 cm³/mol. The third-order valence-corrected chi connectivity index (χ3v) is 3.31. The summed E-state index contributed by atoms with van der Waals surface area (Å²) in [6, 6.07) is 12.8. The van der Waals surface area contributed by atoms with Gasteiger partial charge in [0.1, 0.15) is 0 Å². The highest BCUT2D eigenvalue weighted by molar-refractivity contribution is 6.23. The molecule has 4 nitrogen and oxygen atoms in total. The fraction of sp³-hybridized carbons (Fsp3) is 0.133. The number of nitrogens with zero attached hydrogens (tertiary/aromatic N) is 2. The van der Waals surface area contributed by atoms with E-state index in [9.17, 15) is 9.59 Å². The second-order valence-corrected chi connectivity index (χ2v) is 4.41. The predicted octanol–water partition coefficient (Wildman–Crippen LogP) is 2.36. The van der Waals surface area contributed by atoms with Gasteiger partial charge in [0, 0.05) is 23.6 Å². The van der Waals surface area contributed by atoms with Gasteiger partial charge in [0.2, 0.25) is 11.8 Å². The largest absolute Gasteiger partial charge is 0.274 e. The molecule has 0 saturated carbocycles. The molecule has 0 N–H and O–H groups in total. The second kappa shape index (κ2) is 4.21. The van der Waals surface area contributed by atoms with Crippen molar-refractivity contribution in [2.45, 2.75) is 12.8 Å². The van der Waals surface area contributed by atoms with E-state index >= 15 is 0 Å². The zero-order valence-corrected chi connectivity index (χ0v) is 10.1. The van der Waals surface area contributed by atoms with Gasteiger partial charge >= 0.3 is 0 Å². The number of nitriles is 1. The molecule has 1 aliphatic heterocycles. The summed E-state index contributed by atoms with van der Waals surface area (Å²) in [4.78, 5) is 24.9. The Kier molecular flexibility index (Phi) is 2.53. The Bertz CT molecular complexity index is 727. The fourth-order valence-electron chi connectivity index (χ4n) is 2.42. The first-order valence-electron chi connectivity index (χ1n) is 6.00. The molecule has 1 heterocycles. The smallest absolute Gasteiger partial charge is 0.234 e. The van der Waals surface area contributed by atoms with Crippen molar-refractivity contribution in [1.82, 2.24) is 0 Å². The summed E-state index contributed by atoms with van der Waals surface area (Å²) < 4.78 is 0. The van der Waals surface area contributed by atoms with Gasteiger partial charge in [0.15, 0.2) is 0 Å². The number of rotatable bonds is 1. The van der Waals surface area contributed by atoms with Crippen LogP contribution in [0.5, 0.6) is 0 Å². The van der Waals surface area contributed by atoms with Crippen LogP contribution in [0.4, 0.5) is 5.69 Å². The van der Waals surface area contributed by atoms with Gasteiger partial charge in [-0.05, 0) is 12.1 Å². The Morgan fingerprint density at radius 2 is 1.58 bits per heavy atom. The van der Waals surface area contributed by atoms with Crippen molar-refractivity contribution in [3.8, 4) is 6.07 Å². The Hall–Kier alpha value is -2.67. The number of hydrogen-bond acceptors (Lipinski definition) is 3. The van der Waals surface area contributed by atoms with E-state index in [2.05, 4.69) is 6.07 Å². The van der Waals surface area contributed by atoms with Crippen LogP contribution in [0.2, 0.25) is 0 Å². The third-order valence-electron chi connectivity index (χ3n) is 3.31. The highest BCUT2D eigenvalue weighted by Crippen LogP contribution is 2.32. The molecule has 4 heteroatoms. The summed E-state index contributed by atoms with van der Waals surface area (Å²) in [5, 5.41) is 10.6. The fourth-order valence-corrected chi connectivity index (χ4v) is 2.42. The summed E-state index contributed by atoms with van der Waals surface area (Å²) in [5.41, 5.74) is 1.11. The highest BCUT2D eigenvalue weighted by Gasteiger charge is 2.31. The maximum atomic E-state index is 11.8. The molecule has 0 radical (unpaired) electrons. The van der Waals surface area contributed by atoms with Gasteiger partial charge in [-0.2, -0.15) is 5.26 Å². The Morgan fingerprint density at radius 1 is 0.947 bits per heavy atom. The Labute approximate surface area is 109 Å². The summed E-state index contributed by atoms with van der Waals surface area (Å²) >= 11 is 0. The molecule has 1 saturated heterocycles. The van der Waals surface area contributed by atoms with Crippen molar-refractivity contribution in [2.24, 2.45) is 0 Å². The number of imide groups is 1. The maximum Gasteiger partial charge on any atom is 0.234 e. The number of benzene rings is 2. The lowest BCUT2D eigenvalue weighted by Crippen LogP contribution is -2.28. The monoisotopic (exact) mass is 250 g/mol. The van der Waals surface area contributed by atoms with E-state index in [-0.39, 0.29) is 24.7 Å². The first-order valence-corrected chi connectivity index (χ1v) is 6.00. The molecule has 92 valence electrons. The lowest BCUT2D eigenvalue weighted by molar-refractivity contribution is -0.121. The van der Waals surface area contributed by atoms with Crippen LogP contribution >= 0.6 is 0 Å². The van der Waals surface area contributed by atoms with E-state index in [0.29, 0.717) is 11.3 Å². The van der Waals surface area contributed by atoms with Gasteiger partial charge in [-0.25, -0.2) is 4.90 Å². The highest BCUT2D eigenvalue weighted by atomic mass is 16.2. The van der Waals surface area contributed by atoms with Crippen molar-refractivity contribution in [3.05, 3.63) is 42.0 Å². The molecule has 19 heavy (non-hydrogen) atoms. The Morgan fingerprint density at radius 3 is 2.21 bits per heavy atom. The number of hydrogen-bond donors (Lipinski definition) is 0. The first kappa shape index (κ1) is 11.4. The van der Waals surface area contributed by atoms with Crippen LogP contribution in [0.1, 0.15) is 18.4 Å². The molecule has 1 aliphatic rings. The first-order chi connectivity index (χ1) is 9.22. The molecule has 1 fully saturated rings. The van der Waals surface area contributed by atoms with E-state index in [0.717, 1.165) is 10.8 Å². The molecule has 0 spiro atoms. The van der Waals surface area contributed by atoms with E-state index in [1.54, 1.807) is 12.1 Å². The molecule has 3 rings (SSSR count). The summed E-state index contributed by atoms with van der Waals surface area (Å²) in [6.45, 7) is 0. The number of amides is 2. The van der Waals surface area contributed by atoms with Crippen molar-refractivity contribution in [1.29, 1.82) is 5.26 Å². The van der Waals surface area contributed by atoms with Crippen molar-refractivity contribution in [3.63, 3.8) is 0 Å². The molecule has 2 aromatic carbocycles. The molecule has 0 unspecified atom stereocenters. The van der Waals surface area contributed by atoms with Gasteiger partial charge in [0.25, 0.3) is 0 Å². The Balaban J connectivity index is 2.29. The maximum absolute atomic E-state index is 11.8. The van der Waals surface area contributed by atoms with Gasteiger partial charge < -0.3 is 0 Å². The lowest BCUT2D eigenvalue weighted by Gasteiger charge is -2.16. The molecule has 0 bridgehead atoms. The molecule has 2 aromatic rings. The van der Waals surface area contributed by atoms with E-state index < -0.39 is 0 Å². The SMILES string of the molecule is N#Cc1ccc(N2C(=O)CCC2=O)c2ccccc12.